The lowest BCUT2D eigenvalue weighted by atomic mass is 10.1. The molecular weight excluding hydrogens is 224 g/mol. The minimum absolute atomic E-state index is 0.0811. The van der Waals surface area contributed by atoms with Gasteiger partial charge in [-0.05, 0) is 12.5 Å². The standard InChI is InChI=1S/C8H7ClN2O4/c1-2-5-3-6(9)8(11(14)15)4-7(5)10(12)13/h3-4H,2H2,1H3. The zero-order chi connectivity index (χ0) is 11.6. The quantitative estimate of drug-likeness (QED) is 0.590. The van der Waals surface area contributed by atoms with Crippen molar-refractivity contribution in [3.05, 3.63) is 42.9 Å². The molecule has 0 saturated heterocycles. The van der Waals surface area contributed by atoms with Crippen molar-refractivity contribution in [2.24, 2.45) is 0 Å². The minimum atomic E-state index is -0.741. The van der Waals surface area contributed by atoms with E-state index in [0.29, 0.717) is 12.0 Å². The number of hydrogen-bond acceptors (Lipinski definition) is 4. The molecule has 0 amide bonds. The predicted octanol–water partition coefficient (Wildman–Crippen LogP) is 2.72. The molecule has 0 aromatic heterocycles. The van der Waals surface area contributed by atoms with Gasteiger partial charge < -0.3 is 0 Å². The number of rotatable bonds is 3. The number of nitrogens with zero attached hydrogens (tertiary/aromatic N) is 2. The second kappa shape index (κ2) is 4.22. The summed E-state index contributed by atoms with van der Waals surface area (Å²) < 4.78 is 0. The Morgan fingerprint density at radius 2 is 1.73 bits per heavy atom. The third-order valence-electron chi connectivity index (χ3n) is 1.92. The van der Waals surface area contributed by atoms with Crippen LogP contribution in [-0.4, -0.2) is 9.85 Å². The Hall–Kier alpha value is -1.69. The lowest BCUT2D eigenvalue weighted by Gasteiger charge is -2.01. The van der Waals surface area contributed by atoms with E-state index in [1.165, 1.54) is 6.07 Å². The van der Waals surface area contributed by atoms with E-state index in [9.17, 15) is 20.2 Å². The van der Waals surface area contributed by atoms with Gasteiger partial charge in [-0.3, -0.25) is 20.2 Å². The van der Waals surface area contributed by atoms with Crippen LogP contribution in [0, 0.1) is 20.2 Å². The lowest BCUT2D eigenvalue weighted by molar-refractivity contribution is -0.394. The number of hydrogen-bond donors (Lipinski definition) is 0. The molecule has 0 heterocycles. The summed E-state index contributed by atoms with van der Waals surface area (Å²) in [6.07, 6.45) is 0.397. The van der Waals surface area contributed by atoms with Gasteiger partial charge >= 0.3 is 0 Å². The van der Waals surface area contributed by atoms with Crippen LogP contribution in [0.3, 0.4) is 0 Å². The van der Waals surface area contributed by atoms with Gasteiger partial charge in [0.1, 0.15) is 5.02 Å². The van der Waals surface area contributed by atoms with Crippen molar-refractivity contribution in [1.29, 1.82) is 0 Å². The van der Waals surface area contributed by atoms with Gasteiger partial charge in [-0.15, -0.1) is 0 Å². The van der Waals surface area contributed by atoms with E-state index in [-0.39, 0.29) is 10.7 Å². The molecule has 0 fully saturated rings. The monoisotopic (exact) mass is 230 g/mol. The lowest BCUT2D eigenvalue weighted by Crippen LogP contribution is -1.97. The second-order valence-electron chi connectivity index (χ2n) is 2.80. The maximum Gasteiger partial charge on any atom is 0.294 e. The van der Waals surface area contributed by atoms with Crippen molar-refractivity contribution >= 4 is 23.0 Å². The molecular formula is C8H7ClN2O4. The summed E-state index contributed by atoms with van der Waals surface area (Å²) in [5.74, 6) is 0. The Morgan fingerprint density at radius 1 is 1.20 bits per heavy atom. The fourth-order valence-electron chi connectivity index (χ4n) is 1.19. The van der Waals surface area contributed by atoms with Gasteiger partial charge in [0.05, 0.1) is 15.9 Å². The van der Waals surface area contributed by atoms with Crippen LogP contribution in [0.5, 0.6) is 0 Å². The van der Waals surface area contributed by atoms with Crippen molar-refractivity contribution in [3.63, 3.8) is 0 Å². The van der Waals surface area contributed by atoms with Gasteiger partial charge in [-0.25, -0.2) is 0 Å². The van der Waals surface area contributed by atoms with E-state index < -0.39 is 15.5 Å². The zero-order valence-corrected chi connectivity index (χ0v) is 8.52. The van der Waals surface area contributed by atoms with Crippen molar-refractivity contribution in [3.8, 4) is 0 Å². The number of nitro groups is 2. The van der Waals surface area contributed by atoms with Gasteiger partial charge in [-0.1, -0.05) is 18.5 Å². The molecule has 1 aromatic carbocycles. The number of aryl methyl sites for hydroxylation is 1. The highest BCUT2D eigenvalue weighted by molar-refractivity contribution is 6.32. The van der Waals surface area contributed by atoms with Crippen molar-refractivity contribution in [2.45, 2.75) is 13.3 Å². The second-order valence-corrected chi connectivity index (χ2v) is 3.21. The van der Waals surface area contributed by atoms with Crippen LogP contribution in [0.25, 0.3) is 0 Å². The Labute approximate surface area is 89.8 Å². The summed E-state index contributed by atoms with van der Waals surface area (Å²) in [6, 6.07) is 2.15. The molecule has 0 aliphatic heterocycles. The molecule has 80 valence electrons. The van der Waals surface area contributed by atoms with Crippen LogP contribution in [0.2, 0.25) is 5.02 Å². The van der Waals surface area contributed by atoms with Crippen molar-refractivity contribution < 1.29 is 9.85 Å². The fraction of sp³-hybridized carbons (Fsp3) is 0.250. The Morgan fingerprint density at radius 3 is 2.13 bits per heavy atom. The Kier molecular flexibility index (Phi) is 3.21. The van der Waals surface area contributed by atoms with Crippen molar-refractivity contribution in [2.75, 3.05) is 0 Å². The predicted molar refractivity (Wildman–Crippen MR) is 54.1 cm³/mol. The first-order chi connectivity index (χ1) is 6.97. The molecule has 1 rings (SSSR count). The topological polar surface area (TPSA) is 86.3 Å². The summed E-state index contributed by atoms with van der Waals surface area (Å²) in [4.78, 5) is 19.7. The third kappa shape index (κ3) is 2.21. The van der Waals surface area contributed by atoms with Crippen LogP contribution in [0.4, 0.5) is 11.4 Å². The summed E-state index contributed by atoms with van der Waals surface area (Å²) in [5, 5.41) is 21.0. The smallest absolute Gasteiger partial charge is 0.258 e. The summed E-state index contributed by atoms with van der Waals surface area (Å²) in [6.45, 7) is 1.71. The highest BCUT2D eigenvalue weighted by Crippen LogP contribution is 2.32. The molecule has 0 unspecified atom stereocenters. The largest absolute Gasteiger partial charge is 0.294 e. The van der Waals surface area contributed by atoms with Gasteiger partial charge in [0.2, 0.25) is 0 Å². The van der Waals surface area contributed by atoms with E-state index in [2.05, 4.69) is 0 Å². The molecule has 0 atom stereocenters. The highest BCUT2D eigenvalue weighted by atomic mass is 35.5. The third-order valence-corrected chi connectivity index (χ3v) is 2.23. The average molecular weight is 231 g/mol. The molecule has 15 heavy (non-hydrogen) atoms. The highest BCUT2D eigenvalue weighted by Gasteiger charge is 2.22. The summed E-state index contributed by atoms with van der Waals surface area (Å²) >= 11 is 5.62. The van der Waals surface area contributed by atoms with E-state index in [1.807, 2.05) is 0 Å². The molecule has 0 bridgehead atoms. The van der Waals surface area contributed by atoms with Crippen LogP contribution in [0.1, 0.15) is 12.5 Å². The Balaban J connectivity index is 3.43. The van der Waals surface area contributed by atoms with E-state index in [1.54, 1.807) is 6.92 Å². The normalized spacial score (nSPS) is 10.0. The molecule has 0 aliphatic rings. The summed E-state index contributed by atoms with van der Waals surface area (Å²) in [5.41, 5.74) is -0.329. The first kappa shape index (κ1) is 11.4. The van der Waals surface area contributed by atoms with Gasteiger partial charge in [0.15, 0.2) is 0 Å². The van der Waals surface area contributed by atoms with E-state index >= 15 is 0 Å². The average Bonchev–Trinajstić information content (AvgIpc) is 2.16. The fourth-order valence-corrected chi connectivity index (χ4v) is 1.44. The molecule has 7 heteroatoms. The maximum absolute atomic E-state index is 10.6. The van der Waals surface area contributed by atoms with Crippen LogP contribution >= 0.6 is 11.6 Å². The molecule has 0 N–H and O–H groups in total. The van der Waals surface area contributed by atoms with E-state index in [4.69, 9.17) is 11.6 Å². The number of nitro benzene ring substituents is 2. The van der Waals surface area contributed by atoms with Gasteiger partial charge in [0.25, 0.3) is 11.4 Å². The molecule has 1 aromatic rings. The first-order valence-electron chi connectivity index (χ1n) is 4.08. The van der Waals surface area contributed by atoms with E-state index in [0.717, 1.165) is 6.07 Å². The molecule has 0 saturated carbocycles. The van der Waals surface area contributed by atoms with Crippen LogP contribution in [0.15, 0.2) is 12.1 Å². The minimum Gasteiger partial charge on any atom is -0.258 e. The van der Waals surface area contributed by atoms with Crippen LogP contribution < -0.4 is 0 Å². The molecule has 6 nitrogen and oxygen atoms in total. The summed E-state index contributed by atoms with van der Waals surface area (Å²) in [7, 11) is 0. The van der Waals surface area contributed by atoms with Crippen LogP contribution in [-0.2, 0) is 6.42 Å². The molecule has 0 spiro atoms. The maximum atomic E-state index is 10.6. The first-order valence-corrected chi connectivity index (χ1v) is 4.46. The van der Waals surface area contributed by atoms with Gasteiger partial charge in [0, 0.05) is 5.56 Å². The number of benzene rings is 1. The molecule has 0 radical (unpaired) electrons. The number of halogens is 1. The van der Waals surface area contributed by atoms with Gasteiger partial charge in [-0.2, -0.15) is 0 Å². The Bertz CT molecular complexity index is 433. The SMILES string of the molecule is CCc1cc(Cl)c([N+](=O)[O-])cc1[N+](=O)[O-]. The van der Waals surface area contributed by atoms with Crippen molar-refractivity contribution in [1.82, 2.24) is 0 Å². The molecule has 0 aliphatic carbocycles. The zero-order valence-electron chi connectivity index (χ0n) is 7.77.